The lowest BCUT2D eigenvalue weighted by Gasteiger charge is -2.27. The lowest BCUT2D eigenvalue weighted by atomic mass is 9.87. The molecule has 0 atom stereocenters. The van der Waals surface area contributed by atoms with Gasteiger partial charge in [-0.05, 0) is 109 Å². The number of H-pyrrole nitrogens is 1. The van der Waals surface area contributed by atoms with Crippen LogP contribution in [0.4, 0.5) is 0 Å². The number of nitrogens with zero attached hydrogens (tertiary/aromatic N) is 2. The van der Waals surface area contributed by atoms with Crippen LogP contribution < -0.4 is 15.0 Å². The van der Waals surface area contributed by atoms with Crippen molar-refractivity contribution in [1.29, 1.82) is 0 Å². The van der Waals surface area contributed by atoms with Crippen molar-refractivity contribution in [2.75, 3.05) is 13.2 Å². The zero-order valence-electron chi connectivity index (χ0n) is 30.8. The normalized spacial score (nSPS) is 23.4. The third kappa shape index (κ3) is 17.1. The minimum absolute atomic E-state index is 0.0355. The van der Waals surface area contributed by atoms with Gasteiger partial charge in [-0.2, -0.15) is 0 Å². The molecular formula is C40H55N3O10. The number of pyridine rings is 3. The van der Waals surface area contributed by atoms with E-state index in [1.54, 1.807) is 30.7 Å². The van der Waals surface area contributed by atoms with Gasteiger partial charge in [-0.25, -0.2) is 9.97 Å². The fourth-order valence-corrected chi connectivity index (χ4v) is 6.23. The van der Waals surface area contributed by atoms with E-state index in [1.165, 1.54) is 6.07 Å². The summed E-state index contributed by atoms with van der Waals surface area (Å²) >= 11 is 0. The van der Waals surface area contributed by atoms with E-state index in [-0.39, 0.29) is 53.6 Å². The fraction of sp³-hybridized carbons (Fsp3) is 0.550. The maximum absolute atomic E-state index is 11.6. The van der Waals surface area contributed by atoms with Crippen LogP contribution in [-0.4, -0.2) is 74.6 Å². The van der Waals surface area contributed by atoms with Gasteiger partial charge < -0.3 is 34.1 Å². The van der Waals surface area contributed by atoms with E-state index in [0.29, 0.717) is 37.8 Å². The second-order valence-corrected chi connectivity index (χ2v) is 13.1. The average Bonchev–Trinajstić information content (AvgIpc) is 3.18. The number of aliphatic hydroxyl groups is 1. The highest BCUT2D eigenvalue weighted by molar-refractivity contribution is 5.73. The van der Waals surface area contributed by atoms with Crippen molar-refractivity contribution in [3.05, 3.63) is 83.5 Å². The summed E-state index contributed by atoms with van der Waals surface area (Å²) in [4.78, 5) is 54.5. The van der Waals surface area contributed by atoms with Gasteiger partial charge in [-0.3, -0.25) is 19.2 Å². The molecule has 13 nitrogen and oxygen atoms in total. The van der Waals surface area contributed by atoms with Crippen LogP contribution in [0.25, 0.3) is 0 Å². The van der Waals surface area contributed by atoms with Crippen molar-refractivity contribution < 1.29 is 43.5 Å². The standard InChI is InChI=1S/C14H19NO3.C12H15NO3.C9H16O3.C5H5NO/c1-2-17-14(16)11-6-8-12(9-7-11)18-13-5-3-4-10-15-13;14-12(15)9-4-6-10(7-5-9)16-11-3-1-2-8-13-11;1-2-12-9(11)7-3-5-8(10)6-4-7;7-5-3-1-2-4-6-5/h3-5,10-12H,2,6-9H2,1H3;1-3,8-10H,4-7H2,(H,14,15);7-8,10H,2-6H2,1H3;1-4H,(H,6,7). The lowest BCUT2D eigenvalue weighted by molar-refractivity contribution is -0.150. The molecule has 3 fully saturated rings. The van der Waals surface area contributed by atoms with E-state index in [1.807, 2.05) is 50.2 Å². The van der Waals surface area contributed by atoms with Gasteiger partial charge in [0.2, 0.25) is 17.3 Å². The number of hydrogen-bond donors (Lipinski definition) is 3. The van der Waals surface area contributed by atoms with Crippen molar-refractivity contribution >= 4 is 17.9 Å². The van der Waals surface area contributed by atoms with Crippen LogP contribution in [0, 0.1) is 17.8 Å². The number of carbonyl (C=O) groups excluding carboxylic acids is 2. The summed E-state index contributed by atoms with van der Waals surface area (Å²) < 4.78 is 21.4. The van der Waals surface area contributed by atoms with Crippen LogP contribution >= 0.6 is 0 Å². The first-order valence-corrected chi connectivity index (χ1v) is 18.7. The highest BCUT2D eigenvalue weighted by Crippen LogP contribution is 2.29. The molecule has 3 aliphatic rings. The summed E-state index contributed by atoms with van der Waals surface area (Å²) in [5, 5.41) is 18.0. The van der Waals surface area contributed by atoms with Crippen LogP contribution in [0.1, 0.15) is 90.9 Å². The molecule has 53 heavy (non-hydrogen) atoms. The third-order valence-corrected chi connectivity index (χ3v) is 9.17. The molecule has 3 saturated carbocycles. The predicted molar refractivity (Wildman–Crippen MR) is 197 cm³/mol. The number of aliphatic carboxylic acids is 1. The molecule has 290 valence electrons. The average molecular weight is 738 g/mol. The predicted octanol–water partition coefficient (Wildman–Crippen LogP) is 6.16. The maximum atomic E-state index is 11.6. The molecule has 3 heterocycles. The van der Waals surface area contributed by atoms with Gasteiger partial charge in [-0.15, -0.1) is 0 Å². The summed E-state index contributed by atoms with van der Waals surface area (Å²) in [5.41, 5.74) is -0.0532. The number of esters is 2. The molecule has 3 aliphatic carbocycles. The van der Waals surface area contributed by atoms with Crippen LogP contribution in [0.3, 0.4) is 0 Å². The Kier molecular flexibility index (Phi) is 19.7. The molecule has 0 radical (unpaired) electrons. The Labute approximate surface area is 311 Å². The molecule has 0 bridgehead atoms. The molecule has 0 unspecified atom stereocenters. The number of aliphatic hydroxyl groups excluding tert-OH is 1. The van der Waals surface area contributed by atoms with Gasteiger partial charge >= 0.3 is 17.9 Å². The molecule has 3 aromatic rings. The molecule has 13 heteroatoms. The number of rotatable bonds is 9. The molecule has 0 aliphatic heterocycles. The number of aromatic nitrogens is 3. The molecule has 0 spiro atoms. The number of hydrogen-bond acceptors (Lipinski definition) is 11. The molecule has 3 aromatic heterocycles. The maximum Gasteiger partial charge on any atom is 0.308 e. The minimum atomic E-state index is -0.684. The Hall–Kier alpha value is -4.78. The SMILES string of the molecule is CCOC(=O)C1CCC(O)CC1.CCOC(=O)C1CCC(Oc2ccccn2)CC1.O=C(O)C1CCC(Oc2ccccn2)CC1.O=c1cccc[nH]1. The Balaban J connectivity index is 0.000000199. The largest absolute Gasteiger partial charge is 0.481 e. The van der Waals surface area contributed by atoms with Gasteiger partial charge in [0.15, 0.2) is 0 Å². The van der Waals surface area contributed by atoms with Gasteiger partial charge in [-0.1, -0.05) is 18.2 Å². The highest BCUT2D eigenvalue weighted by Gasteiger charge is 2.29. The Morgan fingerprint density at radius 2 is 1.08 bits per heavy atom. The summed E-state index contributed by atoms with van der Waals surface area (Å²) in [7, 11) is 0. The summed E-state index contributed by atoms with van der Waals surface area (Å²) in [6, 6.07) is 16.1. The van der Waals surface area contributed by atoms with Crippen LogP contribution in [0.2, 0.25) is 0 Å². The summed E-state index contributed by atoms with van der Waals surface area (Å²) in [6.45, 7) is 4.57. The summed E-state index contributed by atoms with van der Waals surface area (Å²) in [5.74, 6) is 0.346. The Morgan fingerprint density at radius 1 is 0.642 bits per heavy atom. The number of carboxylic acid groups (broad SMARTS) is 1. The van der Waals surface area contributed by atoms with E-state index in [9.17, 15) is 24.3 Å². The van der Waals surface area contributed by atoms with Gasteiger partial charge in [0.05, 0.1) is 37.1 Å². The third-order valence-electron chi connectivity index (χ3n) is 9.17. The first-order chi connectivity index (χ1) is 25.7. The van der Waals surface area contributed by atoms with E-state index in [0.717, 1.165) is 64.2 Å². The molecular weight excluding hydrogens is 682 g/mol. The van der Waals surface area contributed by atoms with E-state index < -0.39 is 5.97 Å². The number of carbonyl (C=O) groups is 3. The van der Waals surface area contributed by atoms with Gasteiger partial charge in [0, 0.05) is 36.8 Å². The molecule has 0 amide bonds. The second-order valence-electron chi connectivity index (χ2n) is 13.1. The van der Waals surface area contributed by atoms with Crippen LogP contribution in [0.15, 0.2) is 78.0 Å². The van der Waals surface area contributed by atoms with Crippen molar-refractivity contribution in [2.24, 2.45) is 17.8 Å². The monoisotopic (exact) mass is 737 g/mol. The van der Waals surface area contributed by atoms with Crippen molar-refractivity contribution in [3.8, 4) is 11.8 Å². The molecule has 3 N–H and O–H groups in total. The van der Waals surface area contributed by atoms with Crippen molar-refractivity contribution in [3.63, 3.8) is 0 Å². The number of carboxylic acids is 1. The topological polar surface area (TPSA) is 187 Å². The Morgan fingerprint density at radius 3 is 1.42 bits per heavy atom. The van der Waals surface area contributed by atoms with E-state index >= 15 is 0 Å². The van der Waals surface area contributed by atoms with Gasteiger partial charge in [0.25, 0.3) is 0 Å². The molecule has 0 aromatic carbocycles. The fourth-order valence-electron chi connectivity index (χ4n) is 6.23. The first kappa shape index (κ1) is 42.6. The Bertz CT molecular complexity index is 1480. The second kappa shape index (κ2) is 24.5. The number of aromatic amines is 1. The lowest BCUT2D eigenvalue weighted by Crippen LogP contribution is -2.29. The zero-order chi connectivity index (χ0) is 38.3. The van der Waals surface area contributed by atoms with Crippen molar-refractivity contribution in [1.82, 2.24) is 15.0 Å². The number of ether oxygens (including phenoxy) is 4. The van der Waals surface area contributed by atoms with E-state index in [2.05, 4.69) is 15.0 Å². The first-order valence-electron chi connectivity index (χ1n) is 18.7. The summed E-state index contributed by atoms with van der Waals surface area (Å²) in [6.07, 6.45) is 14.6. The smallest absolute Gasteiger partial charge is 0.308 e. The van der Waals surface area contributed by atoms with Crippen molar-refractivity contribution in [2.45, 2.75) is 109 Å². The van der Waals surface area contributed by atoms with E-state index in [4.69, 9.17) is 24.1 Å². The molecule has 6 rings (SSSR count). The highest BCUT2D eigenvalue weighted by atomic mass is 16.5. The quantitative estimate of drug-likeness (QED) is 0.213. The zero-order valence-corrected chi connectivity index (χ0v) is 30.8. The van der Waals surface area contributed by atoms with Crippen LogP contribution in [-0.2, 0) is 23.9 Å². The van der Waals surface area contributed by atoms with Gasteiger partial charge in [0.1, 0.15) is 12.2 Å². The minimum Gasteiger partial charge on any atom is -0.481 e. The molecule has 0 saturated heterocycles. The van der Waals surface area contributed by atoms with Crippen LogP contribution in [0.5, 0.6) is 11.8 Å². The number of nitrogens with one attached hydrogen (secondary N) is 1.